The second-order valence-corrected chi connectivity index (χ2v) is 9.73. The minimum absolute atomic E-state index is 0.0563. The highest BCUT2D eigenvalue weighted by Crippen LogP contribution is 2.33. The van der Waals surface area contributed by atoms with Crippen LogP contribution in [0.25, 0.3) is 6.08 Å². The number of hydrogen-bond donors (Lipinski definition) is 0. The van der Waals surface area contributed by atoms with E-state index in [1.54, 1.807) is 18.3 Å². The molecule has 0 atom stereocenters. The van der Waals surface area contributed by atoms with Crippen molar-refractivity contribution < 1.29 is 9.18 Å². The first kappa shape index (κ1) is 26.3. The first-order valence-corrected chi connectivity index (χ1v) is 13.1. The second kappa shape index (κ2) is 12.0. The SMILES string of the molecule is C=C(C1CCN(C(=O)c2ccnc(C)c2/C=C\CC)CC1)N(Cc1cccc(F)c1)c1ccccc1C. The molecule has 3 aromatic rings. The molecule has 192 valence electrons. The molecule has 0 saturated carbocycles. The molecular formula is C32H36FN3O. The lowest BCUT2D eigenvalue weighted by Crippen LogP contribution is -2.41. The molecule has 0 aliphatic carbocycles. The van der Waals surface area contributed by atoms with E-state index in [1.165, 1.54) is 6.07 Å². The molecule has 4 nitrogen and oxygen atoms in total. The van der Waals surface area contributed by atoms with Gasteiger partial charge in [0, 0.05) is 54.4 Å². The van der Waals surface area contributed by atoms with E-state index in [-0.39, 0.29) is 17.6 Å². The summed E-state index contributed by atoms with van der Waals surface area (Å²) in [6.07, 6.45) is 8.36. The molecule has 1 amide bonds. The summed E-state index contributed by atoms with van der Waals surface area (Å²) in [6.45, 7) is 12.5. The Morgan fingerprint density at radius 3 is 2.59 bits per heavy atom. The number of aromatic nitrogens is 1. The quantitative estimate of drug-likeness (QED) is 0.327. The lowest BCUT2D eigenvalue weighted by Gasteiger charge is -2.38. The third-order valence-corrected chi connectivity index (χ3v) is 7.18. The molecule has 0 radical (unpaired) electrons. The van der Waals surface area contributed by atoms with E-state index in [2.05, 4.69) is 48.5 Å². The number of piperidine rings is 1. The van der Waals surface area contributed by atoms with Gasteiger partial charge in [-0.2, -0.15) is 0 Å². The maximum atomic E-state index is 13.9. The van der Waals surface area contributed by atoms with Gasteiger partial charge in [-0.1, -0.05) is 56.0 Å². The Hall–Kier alpha value is -3.73. The van der Waals surface area contributed by atoms with Crippen LogP contribution in [-0.2, 0) is 6.54 Å². The number of likely N-dealkylation sites (tertiary alicyclic amines) is 1. The van der Waals surface area contributed by atoms with Gasteiger partial charge >= 0.3 is 0 Å². The molecule has 1 aliphatic heterocycles. The van der Waals surface area contributed by atoms with Crippen molar-refractivity contribution in [1.82, 2.24) is 9.88 Å². The summed E-state index contributed by atoms with van der Waals surface area (Å²) in [5, 5.41) is 0. The number of benzene rings is 2. The van der Waals surface area contributed by atoms with Crippen LogP contribution in [-0.4, -0.2) is 28.9 Å². The summed E-state index contributed by atoms with van der Waals surface area (Å²) in [4.78, 5) is 22.0. The van der Waals surface area contributed by atoms with E-state index in [0.29, 0.717) is 25.2 Å². The van der Waals surface area contributed by atoms with Crippen LogP contribution in [0.3, 0.4) is 0 Å². The normalized spacial score (nSPS) is 14.2. The summed E-state index contributed by atoms with van der Waals surface area (Å²) in [6, 6.07) is 16.8. The Morgan fingerprint density at radius 2 is 1.89 bits per heavy atom. The number of rotatable bonds is 8. The van der Waals surface area contributed by atoms with Gasteiger partial charge in [-0.05, 0) is 68.5 Å². The van der Waals surface area contributed by atoms with Gasteiger partial charge in [-0.25, -0.2) is 4.39 Å². The number of pyridine rings is 1. The molecule has 0 N–H and O–H groups in total. The number of para-hydroxylation sites is 1. The van der Waals surface area contributed by atoms with Crippen molar-refractivity contribution in [3.8, 4) is 0 Å². The van der Waals surface area contributed by atoms with Gasteiger partial charge in [0.2, 0.25) is 0 Å². The van der Waals surface area contributed by atoms with E-state index >= 15 is 0 Å². The van der Waals surface area contributed by atoms with Crippen molar-refractivity contribution in [3.63, 3.8) is 0 Å². The number of aryl methyl sites for hydroxylation is 2. The maximum Gasteiger partial charge on any atom is 0.254 e. The van der Waals surface area contributed by atoms with E-state index < -0.39 is 0 Å². The molecule has 0 spiro atoms. The molecule has 2 heterocycles. The number of carbonyl (C=O) groups is 1. The summed E-state index contributed by atoms with van der Waals surface area (Å²) in [5.41, 5.74) is 6.62. The number of halogens is 1. The first-order chi connectivity index (χ1) is 17.9. The van der Waals surface area contributed by atoms with Gasteiger partial charge in [-0.15, -0.1) is 0 Å². The number of amides is 1. The Morgan fingerprint density at radius 1 is 1.14 bits per heavy atom. The third kappa shape index (κ3) is 6.16. The van der Waals surface area contributed by atoms with Gasteiger partial charge in [0.05, 0.1) is 5.56 Å². The molecule has 1 aliphatic rings. The summed E-state index contributed by atoms with van der Waals surface area (Å²) in [5.74, 6) is 0.0517. The molecule has 1 fully saturated rings. The molecule has 5 heteroatoms. The Labute approximate surface area is 220 Å². The Balaban J connectivity index is 1.51. The van der Waals surface area contributed by atoms with Crippen LogP contribution in [0.4, 0.5) is 10.1 Å². The van der Waals surface area contributed by atoms with E-state index in [1.807, 2.05) is 42.2 Å². The fourth-order valence-electron chi connectivity index (χ4n) is 5.04. The zero-order valence-electron chi connectivity index (χ0n) is 22.1. The Bertz CT molecular complexity index is 1290. The number of hydrogen-bond acceptors (Lipinski definition) is 3. The van der Waals surface area contributed by atoms with Gasteiger partial charge in [0.25, 0.3) is 5.91 Å². The monoisotopic (exact) mass is 497 g/mol. The second-order valence-electron chi connectivity index (χ2n) is 9.73. The lowest BCUT2D eigenvalue weighted by atomic mass is 9.91. The number of nitrogens with zero attached hydrogens (tertiary/aromatic N) is 3. The van der Waals surface area contributed by atoms with Crippen molar-refractivity contribution >= 4 is 17.7 Å². The third-order valence-electron chi connectivity index (χ3n) is 7.18. The number of allylic oxidation sites excluding steroid dienone is 2. The summed E-state index contributed by atoms with van der Waals surface area (Å²) in [7, 11) is 0. The molecule has 37 heavy (non-hydrogen) atoms. The van der Waals surface area contributed by atoms with Gasteiger partial charge in [0.15, 0.2) is 0 Å². The standard InChI is InChI=1S/C32H36FN3O/c1-5-6-13-29-24(3)34-18-15-30(29)32(37)35-19-16-27(17-20-35)25(4)36(31-14-8-7-10-23(31)2)22-26-11-9-12-28(33)21-26/h6-15,18,21,27H,4-5,16-17,19-20,22H2,1-3H3/b13-6-. The molecule has 4 rings (SSSR count). The molecule has 1 saturated heterocycles. The topological polar surface area (TPSA) is 36.4 Å². The zero-order chi connectivity index (χ0) is 26.4. The smallest absolute Gasteiger partial charge is 0.254 e. The summed E-state index contributed by atoms with van der Waals surface area (Å²) < 4.78 is 13.9. The highest BCUT2D eigenvalue weighted by molar-refractivity contribution is 5.98. The fourth-order valence-corrected chi connectivity index (χ4v) is 5.04. The van der Waals surface area contributed by atoms with Crippen LogP contribution < -0.4 is 4.90 Å². The molecule has 0 bridgehead atoms. The van der Waals surface area contributed by atoms with Crippen molar-refractivity contribution in [2.24, 2.45) is 5.92 Å². The van der Waals surface area contributed by atoms with Crippen LogP contribution in [0.15, 0.2) is 79.1 Å². The van der Waals surface area contributed by atoms with Crippen LogP contribution in [0.2, 0.25) is 0 Å². The average molecular weight is 498 g/mol. The van der Waals surface area contributed by atoms with Crippen LogP contribution >= 0.6 is 0 Å². The van der Waals surface area contributed by atoms with Crippen molar-refractivity contribution in [2.75, 3.05) is 18.0 Å². The lowest BCUT2D eigenvalue weighted by molar-refractivity contribution is 0.0701. The van der Waals surface area contributed by atoms with E-state index in [4.69, 9.17) is 0 Å². The van der Waals surface area contributed by atoms with Gasteiger partial charge in [-0.3, -0.25) is 9.78 Å². The fraction of sp³-hybridized carbons (Fsp3) is 0.312. The van der Waals surface area contributed by atoms with Crippen molar-refractivity contribution in [3.05, 3.63) is 113 Å². The highest BCUT2D eigenvalue weighted by atomic mass is 19.1. The maximum absolute atomic E-state index is 13.9. The zero-order valence-corrected chi connectivity index (χ0v) is 22.1. The highest BCUT2D eigenvalue weighted by Gasteiger charge is 2.29. The number of anilines is 1. The Kier molecular flexibility index (Phi) is 8.54. The van der Waals surface area contributed by atoms with E-state index in [0.717, 1.165) is 53.0 Å². The molecule has 1 aromatic heterocycles. The minimum Gasteiger partial charge on any atom is -0.341 e. The van der Waals surface area contributed by atoms with E-state index in [9.17, 15) is 9.18 Å². The van der Waals surface area contributed by atoms with Crippen LogP contribution in [0, 0.1) is 25.6 Å². The van der Waals surface area contributed by atoms with Gasteiger partial charge in [0.1, 0.15) is 5.82 Å². The van der Waals surface area contributed by atoms with Crippen LogP contribution in [0.5, 0.6) is 0 Å². The molecule has 2 aromatic carbocycles. The molecule has 0 unspecified atom stereocenters. The van der Waals surface area contributed by atoms with Crippen molar-refractivity contribution in [1.29, 1.82) is 0 Å². The summed E-state index contributed by atoms with van der Waals surface area (Å²) >= 11 is 0. The predicted molar refractivity (Wildman–Crippen MR) is 150 cm³/mol. The van der Waals surface area contributed by atoms with Crippen molar-refractivity contribution in [2.45, 2.75) is 46.6 Å². The first-order valence-electron chi connectivity index (χ1n) is 13.1. The predicted octanol–water partition coefficient (Wildman–Crippen LogP) is 7.33. The number of carbonyl (C=O) groups excluding carboxylic acids is 1. The molecular weight excluding hydrogens is 461 g/mol. The average Bonchev–Trinajstić information content (AvgIpc) is 2.91. The minimum atomic E-state index is -0.237. The largest absolute Gasteiger partial charge is 0.341 e. The van der Waals surface area contributed by atoms with Gasteiger partial charge < -0.3 is 9.80 Å². The van der Waals surface area contributed by atoms with Crippen LogP contribution in [0.1, 0.15) is 58.9 Å².